The van der Waals surface area contributed by atoms with Gasteiger partial charge in [0.1, 0.15) is 24.2 Å². The molecule has 0 unspecified atom stereocenters. The number of nitrogens with two attached hydrogens (primary N) is 1. The first-order chi connectivity index (χ1) is 10.7. The largest absolute Gasteiger partial charge is 0.739 e. The molecule has 1 aliphatic heterocycles. The van der Waals surface area contributed by atoms with Crippen LogP contribution in [0.15, 0.2) is 12.7 Å². The Morgan fingerprint density at radius 2 is 2.26 bits per heavy atom. The van der Waals surface area contributed by atoms with E-state index in [0.29, 0.717) is 11.2 Å². The Bertz CT molecular complexity index is 787. The molecule has 3 heterocycles. The molecular weight excluding hydrogens is 349 g/mol. The average Bonchev–Trinajstić information content (AvgIpc) is 3.00. The van der Waals surface area contributed by atoms with E-state index in [0.717, 1.165) is 0 Å². The van der Waals surface area contributed by atoms with Crippen molar-refractivity contribution in [3.8, 4) is 0 Å². The first-order valence-corrected chi connectivity index (χ1v) is 9.39. The summed E-state index contributed by atoms with van der Waals surface area (Å²) in [5, 5.41) is 10.4. The van der Waals surface area contributed by atoms with Crippen LogP contribution in [0.25, 0.3) is 11.2 Å². The van der Waals surface area contributed by atoms with Crippen molar-refractivity contribution >= 4 is 34.9 Å². The average molecular weight is 363 g/mol. The number of rotatable bonds is 3. The Labute approximate surface area is 133 Å². The second kappa shape index (κ2) is 5.69. The first-order valence-electron chi connectivity index (χ1n) is 6.43. The van der Waals surface area contributed by atoms with Gasteiger partial charge in [0.2, 0.25) is 0 Å². The maximum atomic E-state index is 10.9. The monoisotopic (exact) mass is 363 g/mol. The Balaban J connectivity index is 1.89. The van der Waals surface area contributed by atoms with E-state index in [1.807, 2.05) is 0 Å². The Kier molecular flexibility index (Phi) is 4.11. The van der Waals surface area contributed by atoms with Crippen LogP contribution >= 0.6 is 6.72 Å². The molecule has 0 aromatic carbocycles. The van der Waals surface area contributed by atoms with E-state index in [1.165, 1.54) is 19.6 Å². The van der Waals surface area contributed by atoms with Crippen molar-refractivity contribution in [3.05, 3.63) is 12.7 Å². The maximum absolute atomic E-state index is 10.9. The molecule has 0 aliphatic carbocycles. The highest BCUT2D eigenvalue weighted by Gasteiger charge is 2.51. The van der Waals surface area contributed by atoms with Crippen molar-refractivity contribution in [2.75, 3.05) is 5.73 Å². The van der Waals surface area contributed by atoms with E-state index >= 15 is 0 Å². The van der Waals surface area contributed by atoms with Gasteiger partial charge in [0, 0.05) is 0 Å². The third-order valence-corrected chi connectivity index (χ3v) is 4.80. The molecule has 2 aromatic rings. The van der Waals surface area contributed by atoms with Gasteiger partial charge in [0.15, 0.2) is 11.5 Å². The molecular formula is C10H14N5O6PS. The zero-order chi connectivity index (χ0) is 16.8. The fraction of sp³-hybridized carbons (Fsp3) is 0.500. The summed E-state index contributed by atoms with van der Waals surface area (Å²) in [6, 6.07) is 0. The highest BCUT2D eigenvalue weighted by molar-refractivity contribution is 8.13. The van der Waals surface area contributed by atoms with Crippen molar-refractivity contribution in [2.24, 2.45) is 0 Å². The highest BCUT2D eigenvalue weighted by atomic mass is 32.5. The van der Waals surface area contributed by atoms with Crippen molar-refractivity contribution < 1.29 is 28.7 Å². The van der Waals surface area contributed by atoms with Gasteiger partial charge in [-0.1, -0.05) is 4.18 Å². The van der Waals surface area contributed by atoms with Gasteiger partial charge in [-0.3, -0.25) is 4.57 Å². The molecule has 0 amide bonds. The van der Waals surface area contributed by atoms with E-state index in [2.05, 4.69) is 15.0 Å². The molecule has 11 nitrogen and oxygen atoms in total. The summed E-state index contributed by atoms with van der Waals surface area (Å²) in [5.41, 5.74) is 6.52. The molecule has 2 aromatic heterocycles. The summed E-state index contributed by atoms with van der Waals surface area (Å²) >= 11 is -0.0951. The van der Waals surface area contributed by atoms with Crippen molar-refractivity contribution in [1.29, 1.82) is 0 Å². The van der Waals surface area contributed by atoms with Crippen LogP contribution in [-0.2, 0) is 20.1 Å². The van der Waals surface area contributed by atoms with Gasteiger partial charge < -0.3 is 30.3 Å². The molecule has 13 heteroatoms. The van der Waals surface area contributed by atoms with Crippen LogP contribution in [0.2, 0.25) is 0 Å². The number of imidazole rings is 1. The van der Waals surface area contributed by atoms with Gasteiger partial charge in [-0.05, 0) is 6.92 Å². The van der Waals surface area contributed by atoms with Gasteiger partial charge >= 0.3 is 17.9 Å². The third-order valence-electron chi connectivity index (χ3n) is 3.44. The minimum atomic E-state index is -4.49. The van der Waals surface area contributed by atoms with Crippen LogP contribution in [0.4, 0.5) is 5.82 Å². The molecule has 5 N–H and O–H groups in total. The fourth-order valence-electron chi connectivity index (χ4n) is 2.27. The van der Waals surface area contributed by atoms with Crippen LogP contribution in [0, 0.1) is 0 Å². The Morgan fingerprint density at radius 3 is 2.96 bits per heavy atom. The highest BCUT2D eigenvalue weighted by Crippen LogP contribution is 2.40. The number of nitrogen functional groups attached to an aromatic ring is 1. The lowest BCUT2D eigenvalue weighted by Gasteiger charge is -2.17. The van der Waals surface area contributed by atoms with Gasteiger partial charge in [-0.25, -0.2) is 15.0 Å². The lowest BCUT2D eigenvalue weighted by atomic mass is 10.1. The predicted octanol–water partition coefficient (Wildman–Crippen LogP) is -1.56. The molecule has 1 fully saturated rings. The number of anilines is 1. The summed E-state index contributed by atoms with van der Waals surface area (Å²) in [5.74, 6) is -1.66. The second-order valence-electron chi connectivity index (χ2n) is 5.01. The number of nitrogens with zero attached hydrogens (tertiary/aromatic N) is 4. The smallest absolute Gasteiger partial charge is 0.403 e. The van der Waals surface area contributed by atoms with E-state index < -0.39 is 24.8 Å². The van der Waals surface area contributed by atoms with E-state index in [9.17, 15) is 10.00 Å². The molecule has 1 aliphatic rings. The number of aromatic nitrogens is 4. The quantitative estimate of drug-likeness (QED) is 0.216. The number of ether oxygens (including phenoxy) is 1. The van der Waals surface area contributed by atoms with E-state index in [-0.39, 0.29) is 23.5 Å². The second-order valence-corrected chi connectivity index (χ2v) is 8.18. The van der Waals surface area contributed by atoms with Gasteiger partial charge in [-0.15, -0.1) is 0 Å². The molecule has 3 rings (SSSR count). The summed E-state index contributed by atoms with van der Waals surface area (Å²) in [4.78, 5) is 40.6. The number of hydrogen-bond donors (Lipinski definition) is 4. The van der Waals surface area contributed by atoms with Crippen LogP contribution in [0.5, 0.6) is 0 Å². The normalized spacial score (nSPS) is 28.4. The summed E-state index contributed by atoms with van der Waals surface area (Å²) in [7, 11) is 0. The molecule has 0 saturated carbocycles. The van der Waals surface area contributed by atoms with Crippen molar-refractivity contribution in [2.45, 2.75) is 31.5 Å². The number of fused-ring (bicyclic) bond motifs is 1. The van der Waals surface area contributed by atoms with Crippen LogP contribution in [-0.4, -0.2) is 46.3 Å². The first kappa shape index (κ1) is 16.6. The lowest BCUT2D eigenvalue weighted by molar-refractivity contribution is -0.198. The zero-order valence-electron chi connectivity index (χ0n) is 11.8. The SMILES string of the molecule is C[C@H]1O[C@@H](n2cnc3c(N)ncnc32)C[C@@]1(O)O[S+]=P([O-])(O)O. The molecule has 0 radical (unpaired) electrons. The molecule has 126 valence electrons. The Morgan fingerprint density at radius 1 is 1.52 bits per heavy atom. The maximum Gasteiger partial charge on any atom is 0.403 e. The third kappa shape index (κ3) is 3.20. The van der Waals surface area contributed by atoms with Crippen molar-refractivity contribution in [1.82, 2.24) is 19.5 Å². The molecule has 0 bridgehead atoms. The topological polar surface area (TPSA) is 172 Å². The number of aliphatic hydroxyl groups is 1. The summed E-state index contributed by atoms with van der Waals surface area (Å²) in [6.45, 7) is -2.96. The summed E-state index contributed by atoms with van der Waals surface area (Å²) in [6.07, 6.45) is 1.13. The molecule has 23 heavy (non-hydrogen) atoms. The lowest BCUT2D eigenvalue weighted by Crippen LogP contribution is -2.38. The molecule has 3 atom stereocenters. The molecule has 1 saturated heterocycles. The standard InChI is InChI=1S/C10H14N5O6PS/c1-5-10(16,21-23-22(17,18)19)2-6(20-5)15-4-14-7-8(11)12-3-13-9(7)15/h3-6,16H,2H2,1H3,(H4-,11,12,13,17,18,19)/t5-,6-,10-/m1/s1. The van der Waals surface area contributed by atoms with E-state index in [1.54, 1.807) is 4.57 Å². The van der Waals surface area contributed by atoms with Gasteiger partial charge in [-0.2, -0.15) is 0 Å². The number of hydrogen-bond acceptors (Lipinski definition) is 8. The minimum absolute atomic E-state index is 0.0729. The molecule has 0 spiro atoms. The van der Waals surface area contributed by atoms with Crippen LogP contribution < -0.4 is 10.6 Å². The van der Waals surface area contributed by atoms with Gasteiger partial charge in [0.25, 0.3) is 5.79 Å². The van der Waals surface area contributed by atoms with Crippen molar-refractivity contribution in [3.63, 3.8) is 0 Å². The fourth-order valence-corrected chi connectivity index (χ4v) is 3.37. The Hall–Kier alpha value is -1.24. The minimum Gasteiger partial charge on any atom is -0.739 e. The van der Waals surface area contributed by atoms with Crippen LogP contribution in [0.1, 0.15) is 19.6 Å². The van der Waals surface area contributed by atoms with Crippen LogP contribution in [0.3, 0.4) is 0 Å². The van der Waals surface area contributed by atoms with E-state index in [4.69, 9.17) is 24.4 Å². The predicted molar refractivity (Wildman–Crippen MR) is 78.7 cm³/mol. The zero-order valence-corrected chi connectivity index (χ0v) is 13.5. The summed E-state index contributed by atoms with van der Waals surface area (Å²) < 4.78 is 12.1. The van der Waals surface area contributed by atoms with Gasteiger partial charge in [0.05, 0.1) is 12.7 Å².